The van der Waals surface area contributed by atoms with Crippen LogP contribution in [-0.4, -0.2) is 51.7 Å². The van der Waals surface area contributed by atoms with Crippen molar-refractivity contribution in [3.63, 3.8) is 0 Å². The molecule has 0 aliphatic heterocycles. The normalized spacial score (nSPS) is 11.6. The van der Waals surface area contributed by atoms with Gasteiger partial charge in [0.25, 0.3) is 0 Å². The lowest BCUT2D eigenvalue weighted by Crippen LogP contribution is -2.34. The number of hydrogen-bond acceptors (Lipinski definition) is 8. The van der Waals surface area contributed by atoms with Gasteiger partial charge >= 0.3 is 6.03 Å². The Balaban J connectivity index is 1.70. The van der Waals surface area contributed by atoms with E-state index in [0.717, 1.165) is 6.26 Å². The molecule has 35 heavy (non-hydrogen) atoms. The van der Waals surface area contributed by atoms with Crippen LogP contribution in [0.15, 0.2) is 41.8 Å². The zero-order valence-corrected chi connectivity index (χ0v) is 20.2. The number of halogens is 1. The second-order valence-electron chi connectivity index (χ2n) is 8.14. The molecule has 3 heterocycles. The molecule has 0 saturated carbocycles. The molecule has 0 bridgehead atoms. The Kier molecular flexibility index (Phi) is 6.35. The monoisotopic (exact) mass is 498 g/mol. The van der Waals surface area contributed by atoms with Crippen molar-refractivity contribution >= 4 is 44.4 Å². The Bertz CT molecular complexity index is 1540. The largest absolute Gasteiger partial charge is 0.356 e. The van der Waals surface area contributed by atoms with Gasteiger partial charge in [0.1, 0.15) is 22.3 Å². The summed E-state index contributed by atoms with van der Waals surface area (Å²) >= 11 is 0. The first-order valence-corrected chi connectivity index (χ1v) is 12.4. The minimum atomic E-state index is -3.75. The fourth-order valence-corrected chi connectivity index (χ4v) is 4.17. The van der Waals surface area contributed by atoms with Gasteiger partial charge in [-0.1, -0.05) is 6.07 Å². The van der Waals surface area contributed by atoms with Gasteiger partial charge in [-0.3, -0.25) is 5.32 Å². The van der Waals surface area contributed by atoms with Crippen molar-refractivity contribution in [3.05, 3.63) is 48.3 Å². The van der Waals surface area contributed by atoms with Crippen LogP contribution in [0.1, 0.15) is 19.4 Å². The number of amides is 2. The minimum absolute atomic E-state index is 0.0518. The maximum absolute atomic E-state index is 14.8. The third kappa shape index (κ3) is 5.04. The van der Waals surface area contributed by atoms with Crippen LogP contribution in [0.3, 0.4) is 0 Å². The Morgan fingerprint density at radius 1 is 1.17 bits per heavy atom. The van der Waals surface area contributed by atoms with Crippen LogP contribution < -0.4 is 16.0 Å². The molecular formula is C22H23FN8O3S. The van der Waals surface area contributed by atoms with Gasteiger partial charge in [-0.05, 0) is 38.5 Å². The quantitative estimate of drug-likeness (QED) is 0.315. The number of hydrogen-bond donors (Lipinski definition) is 4. The number of sulfone groups is 1. The number of nitrogens with zero attached hydrogens (tertiary/aromatic N) is 4. The number of carbonyl (C=O) groups excluding carboxylic acids is 1. The summed E-state index contributed by atoms with van der Waals surface area (Å²) in [6, 6.07) is 3.56. The van der Waals surface area contributed by atoms with Crippen molar-refractivity contribution in [1.82, 2.24) is 30.2 Å². The third-order valence-corrected chi connectivity index (χ3v) is 6.07. The highest BCUT2D eigenvalue weighted by Crippen LogP contribution is 2.31. The molecule has 4 N–H and O–H groups in total. The summed E-state index contributed by atoms with van der Waals surface area (Å²) in [5.41, 5.74) is 2.77. The van der Waals surface area contributed by atoms with Gasteiger partial charge in [-0.25, -0.2) is 37.5 Å². The summed E-state index contributed by atoms with van der Waals surface area (Å²) in [5.74, 6) is -0.562. The fraction of sp³-hybridized carbons (Fsp3) is 0.227. The molecule has 0 radical (unpaired) electrons. The smallest absolute Gasteiger partial charge is 0.320 e. The van der Waals surface area contributed by atoms with Crippen LogP contribution in [0.5, 0.6) is 0 Å². The lowest BCUT2D eigenvalue weighted by molar-refractivity contribution is 0.250. The highest BCUT2D eigenvalue weighted by atomic mass is 32.2. The SMILES string of the molecule is Cc1cnc(Nc2cccc(S(C)(=O)=O)c2F)nc1-c1c[nH]c2c(NC(=O)NC(C)C)ncnc12. The van der Waals surface area contributed by atoms with E-state index in [1.165, 1.54) is 24.5 Å². The first-order valence-electron chi connectivity index (χ1n) is 10.5. The number of anilines is 3. The van der Waals surface area contributed by atoms with Gasteiger partial charge < -0.3 is 15.6 Å². The number of fused-ring (bicyclic) bond motifs is 1. The Hall–Kier alpha value is -4.13. The zero-order valence-electron chi connectivity index (χ0n) is 19.3. The maximum atomic E-state index is 14.8. The van der Waals surface area contributed by atoms with Crippen LogP contribution in [0.25, 0.3) is 22.3 Å². The van der Waals surface area contributed by atoms with Crippen molar-refractivity contribution in [2.24, 2.45) is 0 Å². The summed E-state index contributed by atoms with van der Waals surface area (Å²) in [6.07, 6.45) is 5.49. The summed E-state index contributed by atoms with van der Waals surface area (Å²) < 4.78 is 38.5. The molecule has 0 saturated heterocycles. The second-order valence-corrected chi connectivity index (χ2v) is 10.1. The number of urea groups is 1. The predicted octanol–water partition coefficient (Wildman–Crippen LogP) is 3.54. The van der Waals surface area contributed by atoms with Crippen molar-refractivity contribution in [1.29, 1.82) is 0 Å². The van der Waals surface area contributed by atoms with E-state index in [2.05, 4.69) is 40.9 Å². The summed E-state index contributed by atoms with van der Waals surface area (Å²) in [7, 11) is -3.75. The van der Waals surface area contributed by atoms with Crippen LogP contribution >= 0.6 is 0 Å². The number of carbonyl (C=O) groups is 1. The molecule has 0 unspecified atom stereocenters. The van der Waals surface area contributed by atoms with Gasteiger partial charge in [0.15, 0.2) is 21.5 Å². The van der Waals surface area contributed by atoms with Crippen molar-refractivity contribution < 1.29 is 17.6 Å². The average Bonchev–Trinajstić information content (AvgIpc) is 3.20. The third-order valence-electron chi connectivity index (χ3n) is 4.95. The first-order chi connectivity index (χ1) is 16.5. The zero-order chi connectivity index (χ0) is 25.3. The molecule has 4 aromatic rings. The van der Waals surface area contributed by atoms with Crippen LogP contribution in [0.2, 0.25) is 0 Å². The molecule has 0 aliphatic carbocycles. The second kappa shape index (κ2) is 9.25. The molecule has 0 atom stereocenters. The molecule has 0 spiro atoms. The average molecular weight is 499 g/mol. The van der Waals surface area contributed by atoms with E-state index < -0.39 is 26.6 Å². The Morgan fingerprint density at radius 2 is 1.94 bits per heavy atom. The lowest BCUT2D eigenvalue weighted by Gasteiger charge is -2.11. The highest BCUT2D eigenvalue weighted by Gasteiger charge is 2.19. The number of H-pyrrole nitrogens is 1. The van der Waals surface area contributed by atoms with Crippen molar-refractivity contribution in [3.8, 4) is 11.3 Å². The van der Waals surface area contributed by atoms with E-state index in [-0.39, 0.29) is 17.7 Å². The van der Waals surface area contributed by atoms with E-state index in [1.807, 2.05) is 13.8 Å². The summed E-state index contributed by atoms with van der Waals surface area (Å²) in [4.78, 5) is 32.0. The van der Waals surface area contributed by atoms with Crippen molar-refractivity contribution in [2.45, 2.75) is 31.7 Å². The molecule has 11 nitrogen and oxygen atoms in total. The molecule has 0 fully saturated rings. The standard InChI is InChI=1S/C22H23FN8O3S/c1-11(2)28-22(32)31-20-19-18(26-10-27-20)13(9-24-19)17-12(3)8-25-21(30-17)29-14-6-5-7-15(16(14)23)35(4,33)34/h5-11,24H,1-4H3,(H,25,29,30)(H2,26,27,28,31,32). The lowest BCUT2D eigenvalue weighted by atomic mass is 10.1. The van der Waals surface area contributed by atoms with Crippen LogP contribution in [-0.2, 0) is 9.84 Å². The number of aryl methyl sites for hydroxylation is 1. The molecule has 182 valence electrons. The molecule has 4 rings (SSSR count). The number of nitrogens with one attached hydrogen (secondary N) is 4. The van der Waals surface area contributed by atoms with Crippen molar-refractivity contribution in [2.75, 3.05) is 16.9 Å². The van der Waals surface area contributed by atoms with Crippen LogP contribution in [0, 0.1) is 12.7 Å². The fourth-order valence-electron chi connectivity index (χ4n) is 3.41. The van der Waals surface area contributed by atoms with Gasteiger partial charge in [0.2, 0.25) is 5.95 Å². The number of aromatic amines is 1. The van der Waals surface area contributed by atoms with Gasteiger partial charge in [0.05, 0.1) is 11.4 Å². The Labute approximate surface area is 200 Å². The van der Waals surface area contributed by atoms with E-state index in [4.69, 9.17) is 0 Å². The molecule has 3 aromatic heterocycles. The van der Waals surface area contributed by atoms with Gasteiger partial charge in [-0.15, -0.1) is 0 Å². The molecule has 13 heteroatoms. The first kappa shape index (κ1) is 24.0. The van der Waals surface area contributed by atoms with Gasteiger partial charge in [0, 0.05) is 30.3 Å². The Morgan fingerprint density at radius 3 is 2.66 bits per heavy atom. The molecule has 2 amide bonds. The molecular weight excluding hydrogens is 475 g/mol. The van der Waals surface area contributed by atoms with E-state index >= 15 is 0 Å². The molecule has 1 aromatic carbocycles. The number of rotatable bonds is 6. The molecule has 0 aliphatic rings. The maximum Gasteiger partial charge on any atom is 0.320 e. The summed E-state index contributed by atoms with van der Waals surface area (Å²) in [6.45, 7) is 5.49. The van der Waals surface area contributed by atoms with Gasteiger partial charge in [-0.2, -0.15) is 0 Å². The minimum Gasteiger partial charge on any atom is -0.356 e. The van der Waals surface area contributed by atoms with Crippen LogP contribution in [0.4, 0.5) is 26.6 Å². The highest BCUT2D eigenvalue weighted by molar-refractivity contribution is 7.90. The number of aromatic nitrogens is 5. The topological polar surface area (TPSA) is 155 Å². The summed E-state index contributed by atoms with van der Waals surface area (Å²) in [5, 5.41) is 8.17. The predicted molar refractivity (Wildman–Crippen MR) is 130 cm³/mol. The number of benzene rings is 1. The van der Waals surface area contributed by atoms with E-state index in [9.17, 15) is 17.6 Å². The van der Waals surface area contributed by atoms with E-state index in [1.54, 1.807) is 19.3 Å². The van der Waals surface area contributed by atoms with E-state index in [0.29, 0.717) is 33.7 Å².